The summed E-state index contributed by atoms with van der Waals surface area (Å²) in [7, 11) is 1.60. The second kappa shape index (κ2) is 8.71. The number of fused-ring (bicyclic) bond motifs is 1. The average molecular weight is 411 g/mol. The summed E-state index contributed by atoms with van der Waals surface area (Å²) in [5.41, 5.74) is 4.00. The molecule has 0 spiro atoms. The van der Waals surface area contributed by atoms with Crippen molar-refractivity contribution in [3.05, 3.63) is 102 Å². The molecule has 154 valence electrons. The van der Waals surface area contributed by atoms with Gasteiger partial charge in [-0.2, -0.15) is 0 Å². The Kier molecular flexibility index (Phi) is 5.67. The van der Waals surface area contributed by atoms with E-state index in [2.05, 4.69) is 0 Å². The van der Waals surface area contributed by atoms with Crippen LogP contribution < -0.4 is 4.74 Å². The van der Waals surface area contributed by atoms with Crippen LogP contribution in [0.2, 0.25) is 0 Å². The Morgan fingerprint density at radius 1 is 1.00 bits per heavy atom. The summed E-state index contributed by atoms with van der Waals surface area (Å²) in [5, 5.41) is 9.72. The number of aromatic nitrogens is 1. The van der Waals surface area contributed by atoms with Gasteiger partial charge in [0.15, 0.2) is 5.78 Å². The summed E-state index contributed by atoms with van der Waals surface area (Å²) in [6, 6.07) is 22.9. The van der Waals surface area contributed by atoms with Gasteiger partial charge in [-0.25, -0.2) is 4.79 Å². The lowest BCUT2D eigenvalue weighted by atomic mass is 10.0. The van der Waals surface area contributed by atoms with Crippen LogP contribution in [0.5, 0.6) is 5.75 Å². The molecule has 0 saturated heterocycles. The summed E-state index contributed by atoms with van der Waals surface area (Å²) >= 11 is 0. The number of aliphatic carboxylic acids is 1. The fourth-order valence-electron chi connectivity index (χ4n) is 3.61. The predicted octanol–water partition coefficient (Wildman–Crippen LogP) is 5.16. The quantitative estimate of drug-likeness (QED) is 0.337. The third kappa shape index (κ3) is 4.41. The fourth-order valence-corrected chi connectivity index (χ4v) is 3.61. The highest BCUT2D eigenvalue weighted by molar-refractivity contribution is 6.09. The molecule has 1 heterocycles. The summed E-state index contributed by atoms with van der Waals surface area (Å²) in [5.74, 6) is -0.332. The van der Waals surface area contributed by atoms with Crippen molar-refractivity contribution < 1.29 is 19.4 Å². The van der Waals surface area contributed by atoms with Gasteiger partial charge in [-0.15, -0.1) is 0 Å². The van der Waals surface area contributed by atoms with Crippen molar-refractivity contribution in [2.75, 3.05) is 7.11 Å². The Balaban J connectivity index is 1.80. The van der Waals surface area contributed by atoms with E-state index in [9.17, 15) is 9.59 Å². The van der Waals surface area contributed by atoms with E-state index in [0.717, 1.165) is 33.8 Å². The van der Waals surface area contributed by atoms with Crippen LogP contribution in [0.15, 0.2) is 85.1 Å². The van der Waals surface area contributed by atoms with E-state index in [-0.39, 0.29) is 12.2 Å². The Hall–Kier alpha value is -4.12. The van der Waals surface area contributed by atoms with E-state index in [1.165, 1.54) is 6.08 Å². The molecule has 0 aliphatic carbocycles. The van der Waals surface area contributed by atoms with Gasteiger partial charge in [-0.05, 0) is 53.6 Å². The zero-order chi connectivity index (χ0) is 21.8. The molecule has 5 heteroatoms. The second-order valence-electron chi connectivity index (χ2n) is 7.15. The summed E-state index contributed by atoms with van der Waals surface area (Å²) < 4.78 is 7.25. The first-order chi connectivity index (χ1) is 15.0. The van der Waals surface area contributed by atoms with Gasteiger partial charge in [0.05, 0.1) is 12.6 Å². The zero-order valence-electron chi connectivity index (χ0n) is 17.0. The van der Waals surface area contributed by atoms with Crippen molar-refractivity contribution in [1.82, 2.24) is 4.57 Å². The highest BCUT2D eigenvalue weighted by atomic mass is 16.5. The van der Waals surface area contributed by atoms with E-state index in [1.54, 1.807) is 7.11 Å². The lowest BCUT2D eigenvalue weighted by molar-refractivity contribution is -0.131. The molecule has 0 aliphatic heterocycles. The smallest absolute Gasteiger partial charge is 0.328 e. The third-order valence-electron chi connectivity index (χ3n) is 5.08. The number of ketones is 1. The number of hydrogen-bond donors (Lipinski definition) is 1. The number of hydrogen-bond acceptors (Lipinski definition) is 3. The molecule has 1 N–H and O–H groups in total. The number of methoxy groups -OCH3 is 1. The SMILES string of the molecule is COc1cccc(CC(=O)c2cn(-c3ccccc3)c3ccc(C=CC(=O)O)cc23)c1. The van der Waals surface area contributed by atoms with Crippen molar-refractivity contribution in [3.8, 4) is 11.4 Å². The van der Waals surface area contributed by atoms with Crippen LogP contribution in [0, 0.1) is 0 Å². The number of rotatable bonds is 7. The maximum Gasteiger partial charge on any atom is 0.328 e. The molecule has 1 aromatic heterocycles. The Morgan fingerprint density at radius 2 is 1.81 bits per heavy atom. The number of Topliss-reactive ketones (excluding diaryl/α,β-unsaturated/α-hetero) is 1. The standard InChI is InChI=1S/C26H21NO4/c1-31-21-9-5-6-19(14-21)16-25(28)23-17-27(20-7-3-2-4-8-20)24-12-10-18(15-22(23)24)11-13-26(29)30/h2-15,17H,16H2,1H3,(H,29,30). The van der Waals surface area contributed by atoms with Crippen LogP contribution in [0.4, 0.5) is 0 Å². The lowest BCUT2D eigenvalue weighted by Gasteiger charge is -2.05. The van der Waals surface area contributed by atoms with Gasteiger partial charge in [0, 0.05) is 35.3 Å². The normalized spacial score (nSPS) is 11.1. The number of nitrogens with zero attached hydrogens (tertiary/aromatic N) is 1. The van der Waals surface area contributed by atoms with Crippen LogP contribution >= 0.6 is 0 Å². The van der Waals surface area contributed by atoms with Crippen molar-refractivity contribution >= 4 is 28.7 Å². The first-order valence-electron chi connectivity index (χ1n) is 9.83. The van der Waals surface area contributed by atoms with Crippen LogP contribution in [-0.4, -0.2) is 28.5 Å². The van der Waals surface area contributed by atoms with Gasteiger partial charge in [-0.3, -0.25) is 4.79 Å². The minimum atomic E-state index is -1.02. The van der Waals surface area contributed by atoms with Gasteiger partial charge in [-0.1, -0.05) is 36.4 Å². The Morgan fingerprint density at radius 3 is 2.55 bits per heavy atom. The van der Waals surface area contributed by atoms with Gasteiger partial charge >= 0.3 is 5.97 Å². The van der Waals surface area contributed by atoms with E-state index in [0.29, 0.717) is 11.3 Å². The third-order valence-corrected chi connectivity index (χ3v) is 5.08. The van der Waals surface area contributed by atoms with Gasteiger partial charge in [0.25, 0.3) is 0 Å². The number of ether oxygens (including phenoxy) is 1. The predicted molar refractivity (Wildman–Crippen MR) is 121 cm³/mol. The number of para-hydroxylation sites is 1. The second-order valence-corrected chi connectivity index (χ2v) is 7.15. The Labute approximate surface area is 179 Å². The molecule has 0 aliphatic rings. The number of carbonyl (C=O) groups is 2. The summed E-state index contributed by atoms with van der Waals surface area (Å²) in [6.45, 7) is 0. The summed E-state index contributed by atoms with van der Waals surface area (Å²) in [6.07, 6.45) is 4.71. The molecule has 4 rings (SSSR count). The molecule has 0 atom stereocenters. The number of carboxylic acid groups (broad SMARTS) is 1. The molecule has 0 radical (unpaired) electrons. The lowest BCUT2D eigenvalue weighted by Crippen LogP contribution is -2.03. The van der Waals surface area contributed by atoms with Crippen LogP contribution in [-0.2, 0) is 11.2 Å². The molecular formula is C26H21NO4. The van der Waals surface area contributed by atoms with E-state index in [1.807, 2.05) is 83.6 Å². The van der Waals surface area contributed by atoms with E-state index < -0.39 is 5.97 Å². The first kappa shape index (κ1) is 20.2. The molecule has 4 aromatic rings. The maximum atomic E-state index is 13.3. The van der Waals surface area contributed by atoms with Crippen LogP contribution in [0.1, 0.15) is 21.5 Å². The minimum absolute atomic E-state index is 0.0210. The van der Waals surface area contributed by atoms with E-state index >= 15 is 0 Å². The topological polar surface area (TPSA) is 68.5 Å². The molecule has 0 fully saturated rings. The van der Waals surface area contributed by atoms with Gasteiger partial charge in [0.2, 0.25) is 0 Å². The van der Waals surface area contributed by atoms with Crippen molar-refractivity contribution in [1.29, 1.82) is 0 Å². The molecule has 0 saturated carbocycles. The highest BCUT2D eigenvalue weighted by Crippen LogP contribution is 2.28. The fraction of sp³-hybridized carbons (Fsp3) is 0.0769. The average Bonchev–Trinajstić information content (AvgIpc) is 3.17. The minimum Gasteiger partial charge on any atom is -0.497 e. The van der Waals surface area contributed by atoms with Gasteiger partial charge < -0.3 is 14.4 Å². The molecule has 0 amide bonds. The number of carbonyl (C=O) groups excluding carboxylic acids is 1. The summed E-state index contributed by atoms with van der Waals surface area (Å²) in [4.78, 5) is 24.2. The zero-order valence-corrected chi connectivity index (χ0v) is 17.0. The molecular weight excluding hydrogens is 390 g/mol. The monoisotopic (exact) mass is 411 g/mol. The van der Waals surface area contributed by atoms with Crippen molar-refractivity contribution in [2.24, 2.45) is 0 Å². The molecule has 0 bridgehead atoms. The number of carboxylic acids is 1. The maximum absolute atomic E-state index is 13.3. The van der Waals surface area contributed by atoms with Crippen molar-refractivity contribution in [3.63, 3.8) is 0 Å². The largest absolute Gasteiger partial charge is 0.497 e. The van der Waals surface area contributed by atoms with Crippen LogP contribution in [0.3, 0.4) is 0 Å². The van der Waals surface area contributed by atoms with Gasteiger partial charge in [0.1, 0.15) is 5.75 Å². The first-order valence-corrected chi connectivity index (χ1v) is 9.83. The Bertz CT molecular complexity index is 1290. The van der Waals surface area contributed by atoms with Crippen LogP contribution in [0.25, 0.3) is 22.7 Å². The molecule has 5 nitrogen and oxygen atoms in total. The molecule has 3 aromatic carbocycles. The molecule has 0 unspecified atom stereocenters. The highest BCUT2D eigenvalue weighted by Gasteiger charge is 2.17. The number of benzene rings is 3. The molecule has 31 heavy (non-hydrogen) atoms. The van der Waals surface area contributed by atoms with E-state index in [4.69, 9.17) is 9.84 Å². The van der Waals surface area contributed by atoms with Crippen molar-refractivity contribution in [2.45, 2.75) is 6.42 Å².